The molecule has 4 aromatic heterocycles. The van der Waals surface area contributed by atoms with Crippen LogP contribution in [0.4, 0.5) is 0 Å². The Hall–Kier alpha value is -6.40. The Labute approximate surface area is 261 Å². The molecule has 0 N–H and O–H groups in total. The average molecular weight is 591 g/mol. The maximum atomic E-state index is 6.35. The summed E-state index contributed by atoms with van der Waals surface area (Å²) in [5, 5.41) is 8.41. The van der Waals surface area contributed by atoms with E-state index in [2.05, 4.69) is 65.6 Å². The van der Waals surface area contributed by atoms with Crippen LogP contribution in [0.3, 0.4) is 0 Å². The van der Waals surface area contributed by atoms with Crippen molar-refractivity contribution < 1.29 is 8.83 Å². The Morgan fingerprint density at radius 3 is 1.91 bits per heavy atom. The number of hydrogen-bond acceptors (Lipinski definition) is 6. The van der Waals surface area contributed by atoms with Crippen molar-refractivity contribution in [1.82, 2.24) is 19.9 Å². The van der Waals surface area contributed by atoms with Gasteiger partial charge in [0.05, 0.1) is 6.20 Å². The molecule has 0 spiro atoms. The van der Waals surface area contributed by atoms with E-state index < -0.39 is 0 Å². The van der Waals surface area contributed by atoms with Gasteiger partial charge in [0.25, 0.3) is 0 Å². The van der Waals surface area contributed by atoms with Gasteiger partial charge in [0.2, 0.25) is 0 Å². The molecule has 0 fully saturated rings. The highest BCUT2D eigenvalue weighted by atomic mass is 16.3. The minimum Gasteiger partial charge on any atom is -0.456 e. The Kier molecular flexibility index (Phi) is 5.19. The Bertz CT molecular complexity index is 2830. The number of nitrogens with zero attached hydrogens (tertiary/aromatic N) is 4. The molecule has 6 nitrogen and oxygen atoms in total. The number of rotatable bonds is 3. The first-order valence-electron chi connectivity index (χ1n) is 15.1. The SMILES string of the molecule is c1ccc2cc(-c3nc(-c4cccc5oc6ccccc6c45)nc(-c4cncc5oc6cc7ccccc7cc6c45)n3)ccc2c1. The van der Waals surface area contributed by atoms with E-state index in [1.54, 1.807) is 6.20 Å². The van der Waals surface area contributed by atoms with Gasteiger partial charge in [0, 0.05) is 44.4 Å². The summed E-state index contributed by atoms with van der Waals surface area (Å²) in [4.78, 5) is 19.9. The van der Waals surface area contributed by atoms with Gasteiger partial charge >= 0.3 is 0 Å². The van der Waals surface area contributed by atoms with Crippen LogP contribution in [0, 0.1) is 0 Å². The lowest BCUT2D eigenvalue weighted by atomic mass is 10.0. The van der Waals surface area contributed by atoms with E-state index in [4.69, 9.17) is 23.8 Å². The first-order valence-corrected chi connectivity index (χ1v) is 15.1. The highest BCUT2D eigenvalue weighted by molar-refractivity contribution is 6.15. The van der Waals surface area contributed by atoms with E-state index in [0.29, 0.717) is 23.1 Å². The van der Waals surface area contributed by atoms with E-state index in [0.717, 1.165) is 76.5 Å². The normalized spacial score (nSPS) is 11.9. The number of benzene rings is 6. The second-order valence-electron chi connectivity index (χ2n) is 11.5. The molecule has 0 aliphatic rings. The number of fused-ring (bicyclic) bond motifs is 8. The summed E-state index contributed by atoms with van der Waals surface area (Å²) >= 11 is 0. The smallest absolute Gasteiger partial charge is 0.166 e. The molecule has 46 heavy (non-hydrogen) atoms. The fraction of sp³-hybridized carbons (Fsp3) is 0. The lowest BCUT2D eigenvalue weighted by Crippen LogP contribution is -2.01. The van der Waals surface area contributed by atoms with Gasteiger partial charge < -0.3 is 8.83 Å². The van der Waals surface area contributed by atoms with Gasteiger partial charge in [0.1, 0.15) is 16.7 Å². The standard InChI is InChI=1S/C40H22N4O2/c1-2-9-24-18-27(17-16-23(24)8-1)38-42-39(29-13-7-15-33-36(29)28-12-5-6-14-32(28)45-33)44-40(43-38)31-21-41-22-35-37(31)30-19-25-10-3-4-11-26(25)20-34(30)46-35/h1-22H. The van der Waals surface area contributed by atoms with Crippen molar-refractivity contribution in [3.8, 4) is 34.2 Å². The molecule has 10 rings (SSSR count). The van der Waals surface area contributed by atoms with Crippen LogP contribution < -0.4 is 0 Å². The van der Waals surface area contributed by atoms with Crippen molar-refractivity contribution >= 4 is 65.4 Å². The minimum atomic E-state index is 0.520. The third-order valence-corrected chi connectivity index (χ3v) is 8.78. The summed E-state index contributed by atoms with van der Waals surface area (Å²) in [6.45, 7) is 0. The summed E-state index contributed by atoms with van der Waals surface area (Å²) in [6.07, 6.45) is 3.58. The minimum absolute atomic E-state index is 0.520. The van der Waals surface area contributed by atoms with Crippen molar-refractivity contribution in [3.63, 3.8) is 0 Å². The average Bonchev–Trinajstić information content (AvgIpc) is 3.68. The van der Waals surface area contributed by atoms with Crippen LogP contribution in [-0.2, 0) is 0 Å². The zero-order chi connectivity index (χ0) is 30.2. The quantitative estimate of drug-likeness (QED) is 0.204. The predicted molar refractivity (Wildman–Crippen MR) is 183 cm³/mol. The molecule has 10 aromatic rings. The maximum Gasteiger partial charge on any atom is 0.166 e. The fourth-order valence-corrected chi connectivity index (χ4v) is 6.62. The Morgan fingerprint density at radius 1 is 0.391 bits per heavy atom. The van der Waals surface area contributed by atoms with Gasteiger partial charge in [-0.15, -0.1) is 0 Å². The topological polar surface area (TPSA) is 77.8 Å². The predicted octanol–water partition coefficient (Wildman–Crippen LogP) is 10.4. The largest absolute Gasteiger partial charge is 0.456 e. The molecule has 0 saturated carbocycles. The lowest BCUT2D eigenvalue weighted by Gasteiger charge is -2.10. The van der Waals surface area contributed by atoms with Gasteiger partial charge in [-0.3, -0.25) is 4.98 Å². The van der Waals surface area contributed by atoms with E-state index in [-0.39, 0.29) is 0 Å². The maximum absolute atomic E-state index is 6.35. The van der Waals surface area contributed by atoms with Gasteiger partial charge in [-0.25, -0.2) is 15.0 Å². The van der Waals surface area contributed by atoms with Crippen LogP contribution in [0.2, 0.25) is 0 Å². The summed E-state index contributed by atoms with van der Waals surface area (Å²) in [5.74, 6) is 1.65. The molecule has 0 saturated heterocycles. The Morgan fingerprint density at radius 2 is 1.04 bits per heavy atom. The van der Waals surface area contributed by atoms with Crippen molar-refractivity contribution in [2.45, 2.75) is 0 Å². The molecule has 0 radical (unpaired) electrons. The summed E-state index contributed by atoms with van der Waals surface area (Å²) < 4.78 is 12.6. The lowest BCUT2D eigenvalue weighted by molar-refractivity contribution is 0.667. The van der Waals surface area contributed by atoms with Crippen molar-refractivity contribution in [2.75, 3.05) is 0 Å². The first-order chi connectivity index (χ1) is 22.8. The zero-order valence-corrected chi connectivity index (χ0v) is 24.3. The van der Waals surface area contributed by atoms with Crippen molar-refractivity contribution in [1.29, 1.82) is 0 Å². The molecule has 0 atom stereocenters. The number of hydrogen-bond donors (Lipinski definition) is 0. The van der Waals surface area contributed by atoms with Crippen LogP contribution in [0.5, 0.6) is 0 Å². The molecule has 214 valence electrons. The molecule has 0 aliphatic carbocycles. The Balaban J connectivity index is 1.28. The molecule has 0 unspecified atom stereocenters. The van der Waals surface area contributed by atoms with Gasteiger partial charge in [-0.2, -0.15) is 0 Å². The van der Waals surface area contributed by atoms with Gasteiger partial charge in [0.15, 0.2) is 23.1 Å². The van der Waals surface area contributed by atoms with Gasteiger partial charge in [-0.05, 0) is 51.9 Å². The molecule has 0 aliphatic heterocycles. The first kappa shape index (κ1) is 25.0. The monoisotopic (exact) mass is 590 g/mol. The molecule has 0 bridgehead atoms. The number of furan rings is 2. The third kappa shape index (κ3) is 3.77. The van der Waals surface area contributed by atoms with Crippen molar-refractivity contribution in [3.05, 3.63) is 134 Å². The van der Waals surface area contributed by atoms with Gasteiger partial charge in [-0.1, -0.05) is 91.0 Å². The van der Waals surface area contributed by atoms with Crippen LogP contribution in [0.15, 0.2) is 143 Å². The highest BCUT2D eigenvalue weighted by Gasteiger charge is 2.21. The summed E-state index contributed by atoms with van der Waals surface area (Å²) in [7, 11) is 0. The number of aromatic nitrogens is 4. The van der Waals surface area contributed by atoms with E-state index in [9.17, 15) is 0 Å². The molecular formula is C40H22N4O2. The molecule has 0 amide bonds. The van der Waals surface area contributed by atoms with E-state index in [1.165, 1.54) is 0 Å². The van der Waals surface area contributed by atoms with Crippen molar-refractivity contribution in [2.24, 2.45) is 0 Å². The molecule has 4 heterocycles. The number of pyridine rings is 1. The summed E-state index contributed by atoms with van der Waals surface area (Å²) in [6, 6.07) is 41.2. The molecule has 6 aromatic carbocycles. The highest BCUT2D eigenvalue weighted by Crippen LogP contribution is 2.40. The van der Waals surface area contributed by atoms with E-state index in [1.807, 2.05) is 66.9 Å². The van der Waals surface area contributed by atoms with Crippen LogP contribution in [0.25, 0.3) is 99.6 Å². The molecule has 6 heteroatoms. The molecular weight excluding hydrogens is 568 g/mol. The summed E-state index contributed by atoms with van der Waals surface area (Å²) in [5.41, 5.74) is 5.62. The van der Waals surface area contributed by atoms with Crippen LogP contribution in [-0.4, -0.2) is 19.9 Å². The second-order valence-corrected chi connectivity index (χ2v) is 11.5. The van der Waals surface area contributed by atoms with E-state index >= 15 is 0 Å². The zero-order valence-electron chi connectivity index (χ0n) is 24.3. The van der Waals surface area contributed by atoms with Crippen LogP contribution in [0.1, 0.15) is 0 Å². The van der Waals surface area contributed by atoms with Crippen LogP contribution >= 0.6 is 0 Å². The second kappa shape index (κ2) is 9.55. The third-order valence-electron chi connectivity index (χ3n) is 8.78. The number of para-hydroxylation sites is 1. The fourth-order valence-electron chi connectivity index (χ4n) is 6.62.